The molecule has 0 spiro atoms. The standard InChI is InChI=1S/C63H40N2O/c1-4-19-42(20-5-1)62-64-58(43-34-35-57-55(39-43)52-27-12-14-32-56(52)63(57,47-22-6-2-7-23-47)48-24-8-3-9-25-48)40-59(65-62)46-37-44(50-29-16-21-41-18-10-11-26-49(41)50)36-45(38-46)51-30-17-31-54-53-28-13-15-33-60(53)66-61(51)54/h1-40H. The van der Waals surface area contributed by atoms with Crippen molar-refractivity contribution in [2.24, 2.45) is 0 Å². The summed E-state index contributed by atoms with van der Waals surface area (Å²) in [6.07, 6.45) is 0. The summed E-state index contributed by atoms with van der Waals surface area (Å²) in [5.41, 5.74) is 17.7. The average molecular weight is 841 g/mol. The molecule has 13 rings (SSSR count). The number of hydrogen-bond donors (Lipinski definition) is 0. The minimum absolute atomic E-state index is 0.486. The highest BCUT2D eigenvalue weighted by Crippen LogP contribution is 2.56. The van der Waals surface area contributed by atoms with Crippen molar-refractivity contribution < 1.29 is 4.42 Å². The maximum absolute atomic E-state index is 6.66. The summed E-state index contributed by atoms with van der Waals surface area (Å²) in [5, 5.41) is 4.59. The van der Waals surface area contributed by atoms with E-state index in [4.69, 9.17) is 14.4 Å². The Hall–Kier alpha value is -8.66. The zero-order valence-electron chi connectivity index (χ0n) is 35.9. The second-order valence-corrected chi connectivity index (χ2v) is 17.2. The van der Waals surface area contributed by atoms with Crippen molar-refractivity contribution in [2.45, 2.75) is 5.41 Å². The van der Waals surface area contributed by atoms with Crippen molar-refractivity contribution in [3.63, 3.8) is 0 Å². The van der Waals surface area contributed by atoms with Gasteiger partial charge in [0.25, 0.3) is 0 Å². The molecule has 3 nitrogen and oxygen atoms in total. The van der Waals surface area contributed by atoms with E-state index < -0.39 is 5.41 Å². The van der Waals surface area contributed by atoms with Crippen molar-refractivity contribution in [3.05, 3.63) is 265 Å². The molecule has 0 atom stereocenters. The van der Waals surface area contributed by atoms with Crippen LogP contribution < -0.4 is 0 Å². The van der Waals surface area contributed by atoms with Crippen molar-refractivity contribution in [2.75, 3.05) is 0 Å². The molecule has 0 saturated heterocycles. The summed E-state index contributed by atoms with van der Waals surface area (Å²) >= 11 is 0. The lowest BCUT2D eigenvalue weighted by Crippen LogP contribution is -2.28. The summed E-state index contributed by atoms with van der Waals surface area (Å²) < 4.78 is 6.66. The zero-order chi connectivity index (χ0) is 43.6. The number of nitrogens with zero attached hydrogens (tertiary/aromatic N) is 2. The van der Waals surface area contributed by atoms with Crippen LogP contribution in [0.25, 0.3) is 100.0 Å². The number of benzene rings is 10. The lowest BCUT2D eigenvalue weighted by atomic mass is 9.67. The molecule has 66 heavy (non-hydrogen) atoms. The van der Waals surface area contributed by atoms with Gasteiger partial charge < -0.3 is 4.42 Å². The Balaban J connectivity index is 1.05. The predicted molar refractivity (Wildman–Crippen MR) is 271 cm³/mol. The first-order chi connectivity index (χ1) is 32.7. The van der Waals surface area contributed by atoms with Crippen LogP contribution in [0.1, 0.15) is 22.3 Å². The van der Waals surface area contributed by atoms with E-state index in [1.54, 1.807) is 0 Å². The fourth-order valence-electron chi connectivity index (χ4n) is 10.6. The average Bonchev–Trinajstić information content (AvgIpc) is 3.93. The number of rotatable bonds is 7. The number of furan rings is 1. The number of aromatic nitrogens is 2. The van der Waals surface area contributed by atoms with Crippen LogP contribution in [0, 0.1) is 0 Å². The molecule has 0 N–H and O–H groups in total. The van der Waals surface area contributed by atoms with Gasteiger partial charge in [-0.1, -0.05) is 206 Å². The molecule has 3 heteroatoms. The van der Waals surface area contributed by atoms with Gasteiger partial charge in [-0.25, -0.2) is 9.97 Å². The zero-order valence-corrected chi connectivity index (χ0v) is 35.9. The molecule has 0 aliphatic heterocycles. The van der Waals surface area contributed by atoms with Crippen LogP contribution in [-0.2, 0) is 5.41 Å². The maximum atomic E-state index is 6.66. The normalized spacial score (nSPS) is 12.7. The van der Waals surface area contributed by atoms with Crippen molar-refractivity contribution in [1.29, 1.82) is 0 Å². The van der Waals surface area contributed by atoms with Gasteiger partial charge in [0, 0.05) is 33.0 Å². The Morgan fingerprint density at radius 1 is 0.318 bits per heavy atom. The van der Waals surface area contributed by atoms with E-state index in [0.717, 1.165) is 72.3 Å². The molecule has 2 aromatic heterocycles. The minimum Gasteiger partial charge on any atom is -0.455 e. The van der Waals surface area contributed by atoms with Gasteiger partial charge in [-0.15, -0.1) is 0 Å². The second kappa shape index (κ2) is 15.3. The lowest BCUT2D eigenvalue weighted by Gasteiger charge is -2.33. The second-order valence-electron chi connectivity index (χ2n) is 17.2. The third-order valence-corrected chi connectivity index (χ3v) is 13.6. The van der Waals surface area contributed by atoms with E-state index in [9.17, 15) is 0 Å². The Bertz CT molecular complexity index is 3770. The summed E-state index contributed by atoms with van der Waals surface area (Å²) in [5.74, 6) is 0.670. The molecular formula is C63H40N2O. The largest absolute Gasteiger partial charge is 0.455 e. The third kappa shape index (κ3) is 5.98. The van der Waals surface area contributed by atoms with Crippen LogP contribution >= 0.6 is 0 Å². The fraction of sp³-hybridized carbons (Fsp3) is 0.0159. The quantitative estimate of drug-likeness (QED) is 0.160. The molecule has 0 amide bonds. The van der Waals surface area contributed by atoms with E-state index in [0.29, 0.717) is 5.82 Å². The molecule has 1 aliphatic carbocycles. The van der Waals surface area contributed by atoms with Gasteiger partial charge in [-0.05, 0) is 97.2 Å². The van der Waals surface area contributed by atoms with E-state index >= 15 is 0 Å². The molecule has 0 radical (unpaired) electrons. The minimum atomic E-state index is -0.486. The lowest BCUT2D eigenvalue weighted by molar-refractivity contribution is 0.670. The molecule has 0 fully saturated rings. The van der Waals surface area contributed by atoms with Gasteiger partial charge >= 0.3 is 0 Å². The van der Waals surface area contributed by atoms with Crippen LogP contribution in [-0.4, -0.2) is 9.97 Å². The highest BCUT2D eigenvalue weighted by Gasteiger charge is 2.46. The van der Waals surface area contributed by atoms with Crippen LogP contribution in [0.5, 0.6) is 0 Å². The molecule has 10 aromatic carbocycles. The molecule has 1 aliphatic rings. The first-order valence-electron chi connectivity index (χ1n) is 22.6. The van der Waals surface area contributed by atoms with Gasteiger partial charge in [0.2, 0.25) is 0 Å². The van der Waals surface area contributed by atoms with Gasteiger partial charge in [0.05, 0.1) is 16.8 Å². The molecular weight excluding hydrogens is 801 g/mol. The van der Waals surface area contributed by atoms with Crippen molar-refractivity contribution in [3.8, 4) is 67.3 Å². The van der Waals surface area contributed by atoms with Crippen molar-refractivity contribution in [1.82, 2.24) is 9.97 Å². The summed E-state index contributed by atoms with van der Waals surface area (Å²) in [6.45, 7) is 0. The first-order valence-corrected chi connectivity index (χ1v) is 22.6. The number of hydrogen-bond acceptors (Lipinski definition) is 3. The van der Waals surface area contributed by atoms with Gasteiger partial charge in [-0.3, -0.25) is 0 Å². The Labute approximate surface area is 383 Å². The molecule has 2 heterocycles. The highest BCUT2D eigenvalue weighted by molar-refractivity contribution is 6.10. The van der Waals surface area contributed by atoms with Crippen molar-refractivity contribution >= 4 is 32.7 Å². The Morgan fingerprint density at radius 3 is 1.65 bits per heavy atom. The van der Waals surface area contributed by atoms with Crippen LogP contribution in [0.3, 0.4) is 0 Å². The summed E-state index contributed by atoms with van der Waals surface area (Å²) in [4.78, 5) is 10.8. The van der Waals surface area contributed by atoms with Gasteiger partial charge in [-0.2, -0.15) is 0 Å². The van der Waals surface area contributed by atoms with Crippen LogP contribution in [0.4, 0.5) is 0 Å². The summed E-state index contributed by atoms with van der Waals surface area (Å²) in [6, 6.07) is 87.0. The van der Waals surface area contributed by atoms with Gasteiger partial charge in [0.15, 0.2) is 5.82 Å². The molecule has 12 aromatic rings. The maximum Gasteiger partial charge on any atom is 0.160 e. The SMILES string of the molecule is c1ccc(-c2nc(-c3cc(-c4cccc5ccccc45)cc(-c4cccc5c4oc4ccccc45)c3)cc(-c3ccc4c(c3)-c3ccccc3C4(c3ccccc3)c3ccccc3)n2)cc1. The smallest absolute Gasteiger partial charge is 0.160 e. The van der Waals surface area contributed by atoms with E-state index in [2.05, 4.69) is 224 Å². The van der Waals surface area contributed by atoms with E-state index in [-0.39, 0.29) is 0 Å². The highest BCUT2D eigenvalue weighted by atomic mass is 16.3. The molecule has 0 saturated carbocycles. The summed E-state index contributed by atoms with van der Waals surface area (Å²) in [7, 11) is 0. The van der Waals surface area contributed by atoms with Crippen LogP contribution in [0.2, 0.25) is 0 Å². The monoisotopic (exact) mass is 840 g/mol. The Kier molecular flexibility index (Phi) is 8.75. The molecule has 0 bridgehead atoms. The Morgan fingerprint density at radius 2 is 0.864 bits per heavy atom. The third-order valence-electron chi connectivity index (χ3n) is 13.6. The van der Waals surface area contributed by atoms with E-state index in [1.165, 1.54) is 44.2 Å². The number of fused-ring (bicyclic) bond motifs is 7. The van der Waals surface area contributed by atoms with Crippen LogP contribution in [0.15, 0.2) is 247 Å². The van der Waals surface area contributed by atoms with Gasteiger partial charge in [0.1, 0.15) is 11.2 Å². The molecule has 308 valence electrons. The topological polar surface area (TPSA) is 38.9 Å². The van der Waals surface area contributed by atoms with E-state index in [1.807, 2.05) is 18.2 Å². The first kappa shape index (κ1) is 37.9. The fourth-order valence-corrected chi connectivity index (χ4v) is 10.6. The number of para-hydroxylation sites is 2. The predicted octanol–water partition coefficient (Wildman–Crippen LogP) is 16.2. The molecule has 0 unspecified atom stereocenters.